The number of hydrogen-bond donors (Lipinski definition) is 2. The highest BCUT2D eigenvalue weighted by molar-refractivity contribution is 4.92. The first kappa shape index (κ1) is 17.2. The zero-order valence-corrected chi connectivity index (χ0v) is 14.3. The first-order valence-corrected chi connectivity index (χ1v) is 8.84. The van der Waals surface area contributed by atoms with Crippen LogP contribution in [0, 0.1) is 5.92 Å². The van der Waals surface area contributed by atoms with E-state index in [1.54, 1.807) is 0 Å². The van der Waals surface area contributed by atoms with Crippen molar-refractivity contribution in [3.05, 3.63) is 0 Å². The van der Waals surface area contributed by atoms with E-state index in [1.807, 2.05) is 0 Å². The fourth-order valence-corrected chi connectivity index (χ4v) is 3.32. The molecule has 0 radical (unpaired) electrons. The standard InChI is InChI=1S/C17H35N3O/c1-15(2)13-20-11-9-19(10-12-20)8-4-7-17(3,14-21)18-16-5-6-16/h15-16,18,21H,4-14H2,1-3H3. The van der Waals surface area contributed by atoms with Gasteiger partial charge in [0.05, 0.1) is 6.61 Å². The van der Waals surface area contributed by atoms with E-state index in [1.165, 1.54) is 58.5 Å². The van der Waals surface area contributed by atoms with E-state index in [4.69, 9.17) is 0 Å². The average molecular weight is 297 g/mol. The van der Waals surface area contributed by atoms with Gasteiger partial charge in [0.1, 0.15) is 0 Å². The maximum absolute atomic E-state index is 9.63. The number of rotatable bonds is 9. The molecule has 4 heteroatoms. The van der Waals surface area contributed by atoms with Crippen molar-refractivity contribution in [2.45, 2.75) is 58.0 Å². The molecule has 4 nitrogen and oxygen atoms in total. The van der Waals surface area contributed by atoms with Gasteiger partial charge in [-0.2, -0.15) is 0 Å². The van der Waals surface area contributed by atoms with E-state index in [-0.39, 0.29) is 12.1 Å². The molecule has 124 valence electrons. The molecule has 1 saturated heterocycles. The molecule has 1 heterocycles. The van der Waals surface area contributed by atoms with Crippen molar-refractivity contribution in [1.82, 2.24) is 15.1 Å². The van der Waals surface area contributed by atoms with E-state index >= 15 is 0 Å². The lowest BCUT2D eigenvalue weighted by Crippen LogP contribution is -2.49. The molecule has 0 amide bonds. The van der Waals surface area contributed by atoms with Crippen LogP contribution in [0.5, 0.6) is 0 Å². The van der Waals surface area contributed by atoms with Crippen LogP contribution >= 0.6 is 0 Å². The van der Waals surface area contributed by atoms with Gasteiger partial charge in [-0.25, -0.2) is 0 Å². The summed E-state index contributed by atoms with van der Waals surface area (Å²) in [7, 11) is 0. The number of aliphatic hydroxyl groups is 1. The van der Waals surface area contributed by atoms with Crippen LogP contribution in [-0.2, 0) is 0 Å². The van der Waals surface area contributed by atoms with Crippen LogP contribution in [0.4, 0.5) is 0 Å². The Kier molecular flexibility index (Phi) is 6.48. The second-order valence-electron chi connectivity index (χ2n) is 7.78. The molecule has 1 aliphatic heterocycles. The summed E-state index contributed by atoms with van der Waals surface area (Å²) in [5.41, 5.74) is -0.0688. The van der Waals surface area contributed by atoms with E-state index in [9.17, 15) is 5.11 Å². The molecular formula is C17H35N3O. The van der Waals surface area contributed by atoms with Crippen LogP contribution in [-0.4, -0.2) is 72.4 Å². The lowest BCUT2D eigenvalue weighted by molar-refractivity contribution is 0.112. The molecule has 0 aromatic carbocycles. The molecule has 2 rings (SSSR count). The van der Waals surface area contributed by atoms with Gasteiger partial charge >= 0.3 is 0 Å². The number of nitrogens with zero attached hydrogens (tertiary/aromatic N) is 2. The topological polar surface area (TPSA) is 38.7 Å². The molecule has 2 aliphatic rings. The quantitative estimate of drug-likeness (QED) is 0.677. The third-order valence-corrected chi connectivity index (χ3v) is 4.77. The largest absolute Gasteiger partial charge is 0.394 e. The van der Waals surface area contributed by atoms with Crippen LogP contribution in [0.25, 0.3) is 0 Å². The maximum Gasteiger partial charge on any atom is 0.0610 e. The average Bonchev–Trinajstić information content (AvgIpc) is 3.24. The lowest BCUT2D eigenvalue weighted by Gasteiger charge is -2.36. The Morgan fingerprint density at radius 3 is 2.29 bits per heavy atom. The van der Waals surface area contributed by atoms with Crippen LogP contribution in [0.3, 0.4) is 0 Å². The normalized spacial score (nSPS) is 24.4. The molecular weight excluding hydrogens is 262 g/mol. The molecule has 1 unspecified atom stereocenters. The summed E-state index contributed by atoms with van der Waals surface area (Å²) in [5, 5.41) is 13.2. The Bertz CT molecular complexity index is 298. The third kappa shape index (κ3) is 6.23. The minimum absolute atomic E-state index is 0.0688. The van der Waals surface area contributed by atoms with Crippen molar-refractivity contribution < 1.29 is 5.11 Å². The molecule has 1 atom stereocenters. The predicted molar refractivity (Wildman–Crippen MR) is 88.6 cm³/mol. The van der Waals surface area contributed by atoms with Gasteiger partial charge in [-0.1, -0.05) is 13.8 Å². The molecule has 0 aromatic rings. The third-order valence-electron chi connectivity index (χ3n) is 4.77. The minimum atomic E-state index is -0.0688. The molecule has 1 aliphatic carbocycles. The van der Waals surface area contributed by atoms with Gasteiger partial charge in [0.25, 0.3) is 0 Å². The van der Waals surface area contributed by atoms with Gasteiger partial charge in [-0.3, -0.25) is 0 Å². The summed E-state index contributed by atoms with van der Waals surface area (Å²) in [5.74, 6) is 0.773. The van der Waals surface area contributed by atoms with Crippen LogP contribution in [0.15, 0.2) is 0 Å². The first-order valence-electron chi connectivity index (χ1n) is 8.84. The fourth-order valence-electron chi connectivity index (χ4n) is 3.32. The summed E-state index contributed by atoms with van der Waals surface area (Å²) >= 11 is 0. The zero-order chi connectivity index (χ0) is 15.3. The highest BCUT2D eigenvalue weighted by Gasteiger charge is 2.31. The van der Waals surface area contributed by atoms with Gasteiger partial charge < -0.3 is 20.2 Å². The Balaban J connectivity index is 1.60. The molecule has 0 aromatic heterocycles. The summed E-state index contributed by atoms with van der Waals surface area (Å²) in [6.07, 6.45) is 4.83. The molecule has 21 heavy (non-hydrogen) atoms. The Morgan fingerprint density at radius 2 is 1.76 bits per heavy atom. The predicted octanol–water partition coefficient (Wildman–Crippen LogP) is 1.54. The highest BCUT2D eigenvalue weighted by atomic mass is 16.3. The Labute approximate surface area is 130 Å². The maximum atomic E-state index is 9.63. The smallest absolute Gasteiger partial charge is 0.0610 e. The number of nitrogens with one attached hydrogen (secondary N) is 1. The molecule has 0 spiro atoms. The fraction of sp³-hybridized carbons (Fsp3) is 1.00. The molecule has 0 bridgehead atoms. The van der Waals surface area contributed by atoms with E-state index in [0.717, 1.165) is 12.3 Å². The van der Waals surface area contributed by atoms with Crippen LogP contribution in [0.2, 0.25) is 0 Å². The lowest BCUT2D eigenvalue weighted by atomic mass is 9.96. The van der Waals surface area contributed by atoms with Crippen molar-refractivity contribution in [2.24, 2.45) is 5.92 Å². The van der Waals surface area contributed by atoms with Crippen LogP contribution < -0.4 is 5.32 Å². The van der Waals surface area contributed by atoms with E-state index in [0.29, 0.717) is 6.04 Å². The van der Waals surface area contributed by atoms with Crippen molar-refractivity contribution in [2.75, 3.05) is 45.9 Å². The summed E-state index contributed by atoms with van der Waals surface area (Å²) in [4.78, 5) is 5.18. The van der Waals surface area contributed by atoms with Gasteiger partial charge in [0, 0.05) is 44.3 Å². The SMILES string of the molecule is CC(C)CN1CCN(CCCC(C)(CO)NC2CC2)CC1. The minimum Gasteiger partial charge on any atom is -0.394 e. The molecule has 1 saturated carbocycles. The summed E-state index contributed by atoms with van der Waals surface area (Å²) < 4.78 is 0. The zero-order valence-electron chi connectivity index (χ0n) is 14.3. The second-order valence-corrected chi connectivity index (χ2v) is 7.78. The number of aliphatic hydroxyl groups excluding tert-OH is 1. The van der Waals surface area contributed by atoms with Gasteiger partial charge in [0.2, 0.25) is 0 Å². The first-order chi connectivity index (χ1) is 10.0. The Hall–Kier alpha value is -0.160. The van der Waals surface area contributed by atoms with Crippen molar-refractivity contribution >= 4 is 0 Å². The van der Waals surface area contributed by atoms with Crippen molar-refractivity contribution in [3.63, 3.8) is 0 Å². The second kappa shape index (κ2) is 7.91. The number of piperazine rings is 1. The molecule has 2 fully saturated rings. The van der Waals surface area contributed by atoms with E-state index in [2.05, 4.69) is 35.9 Å². The molecule has 2 N–H and O–H groups in total. The number of hydrogen-bond acceptors (Lipinski definition) is 4. The van der Waals surface area contributed by atoms with Gasteiger partial charge in [-0.05, 0) is 45.1 Å². The summed E-state index contributed by atoms with van der Waals surface area (Å²) in [6.45, 7) is 14.3. The summed E-state index contributed by atoms with van der Waals surface area (Å²) in [6, 6.07) is 0.668. The van der Waals surface area contributed by atoms with Gasteiger partial charge in [-0.15, -0.1) is 0 Å². The van der Waals surface area contributed by atoms with E-state index < -0.39 is 0 Å². The highest BCUT2D eigenvalue weighted by Crippen LogP contribution is 2.24. The van der Waals surface area contributed by atoms with Crippen molar-refractivity contribution in [3.8, 4) is 0 Å². The van der Waals surface area contributed by atoms with Gasteiger partial charge in [0.15, 0.2) is 0 Å². The Morgan fingerprint density at radius 1 is 1.14 bits per heavy atom. The van der Waals surface area contributed by atoms with Crippen LogP contribution in [0.1, 0.15) is 46.5 Å². The monoisotopic (exact) mass is 297 g/mol. The van der Waals surface area contributed by atoms with Crippen molar-refractivity contribution in [1.29, 1.82) is 0 Å².